The monoisotopic (exact) mass is 585 g/mol. The molecular formula is C27H29Cl2N7O4. The Bertz CT molecular complexity index is 1540. The number of pyridine rings is 1. The molecule has 1 aromatic carbocycles. The number of nitrogens with one attached hydrogen (secondary N) is 1. The number of aryl methyl sites for hydroxylation is 1. The molecule has 0 aliphatic carbocycles. The average Bonchev–Trinajstić information content (AvgIpc) is 3.21. The largest absolute Gasteiger partial charge is 0.443 e. The van der Waals surface area contributed by atoms with E-state index in [2.05, 4.69) is 25.4 Å². The fraction of sp³-hybridized carbons (Fsp3) is 0.333. The van der Waals surface area contributed by atoms with E-state index >= 15 is 0 Å². The zero-order chi connectivity index (χ0) is 29.4. The van der Waals surface area contributed by atoms with E-state index in [9.17, 15) is 9.59 Å². The van der Waals surface area contributed by atoms with Gasteiger partial charge in [0.05, 0.1) is 20.9 Å². The first-order valence-electron chi connectivity index (χ1n) is 12.3. The normalized spacial score (nSPS) is 11.8. The molecule has 0 unspecified atom stereocenters. The van der Waals surface area contributed by atoms with Gasteiger partial charge in [-0.3, -0.25) is 0 Å². The second-order valence-electron chi connectivity index (χ2n) is 10.8. The minimum absolute atomic E-state index is 0.0378. The van der Waals surface area contributed by atoms with E-state index in [-0.39, 0.29) is 17.5 Å². The van der Waals surface area contributed by atoms with Crippen LogP contribution in [0.5, 0.6) is 0 Å². The Kier molecular flexibility index (Phi) is 7.91. The number of imide groups is 1. The Balaban J connectivity index is 1.74. The molecule has 11 nitrogen and oxygen atoms in total. The Morgan fingerprint density at radius 1 is 0.950 bits per heavy atom. The molecule has 0 radical (unpaired) electrons. The first-order chi connectivity index (χ1) is 18.6. The third kappa shape index (κ3) is 6.78. The van der Waals surface area contributed by atoms with Gasteiger partial charge in [0.15, 0.2) is 5.82 Å². The fourth-order valence-electron chi connectivity index (χ4n) is 3.60. The predicted octanol–water partition coefficient (Wildman–Crippen LogP) is 7.25. The number of hydrogen-bond acceptors (Lipinski definition) is 9. The summed E-state index contributed by atoms with van der Waals surface area (Å²) in [6.07, 6.45) is 1.44. The van der Waals surface area contributed by atoms with Gasteiger partial charge in [-0.15, -0.1) is 0 Å². The van der Waals surface area contributed by atoms with Gasteiger partial charge < -0.3 is 14.8 Å². The van der Waals surface area contributed by atoms with Crippen LogP contribution in [0.3, 0.4) is 0 Å². The van der Waals surface area contributed by atoms with Crippen LogP contribution >= 0.6 is 23.2 Å². The number of aromatic nitrogens is 5. The number of para-hydroxylation sites is 1. The Hall–Kier alpha value is -3.96. The van der Waals surface area contributed by atoms with E-state index < -0.39 is 23.4 Å². The van der Waals surface area contributed by atoms with E-state index in [1.807, 2.05) is 0 Å². The highest BCUT2D eigenvalue weighted by Gasteiger charge is 2.34. The summed E-state index contributed by atoms with van der Waals surface area (Å²) in [6, 6.07) is 8.36. The summed E-state index contributed by atoms with van der Waals surface area (Å²) in [5.74, 6) is 0.923. The zero-order valence-corrected chi connectivity index (χ0v) is 24.6. The predicted molar refractivity (Wildman–Crippen MR) is 154 cm³/mol. The van der Waals surface area contributed by atoms with Crippen LogP contribution in [0.25, 0.3) is 16.6 Å². The Morgan fingerprint density at radius 3 is 2.12 bits per heavy atom. The highest BCUT2D eigenvalue weighted by molar-refractivity contribution is 6.37. The van der Waals surface area contributed by atoms with E-state index in [0.29, 0.717) is 32.5 Å². The molecule has 40 heavy (non-hydrogen) atoms. The fourth-order valence-corrected chi connectivity index (χ4v) is 4.17. The molecule has 210 valence electrons. The van der Waals surface area contributed by atoms with Crippen molar-refractivity contribution in [2.45, 2.75) is 59.7 Å². The van der Waals surface area contributed by atoms with Crippen molar-refractivity contribution in [3.05, 3.63) is 58.6 Å². The molecule has 1 N–H and O–H groups in total. The number of benzene rings is 1. The van der Waals surface area contributed by atoms with E-state index in [4.69, 9.17) is 32.7 Å². The Labute approximate surface area is 241 Å². The van der Waals surface area contributed by atoms with Gasteiger partial charge >= 0.3 is 12.2 Å². The molecule has 4 rings (SSSR count). The molecule has 0 spiro atoms. The lowest BCUT2D eigenvalue weighted by molar-refractivity contribution is 0.0429. The summed E-state index contributed by atoms with van der Waals surface area (Å²) in [5.41, 5.74) is -0.600. The molecule has 0 atom stereocenters. The van der Waals surface area contributed by atoms with Crippen molar-refractivity contribution in [2.75, 3.05) is 10.2 Å². The number of anilines is 3. The summed E-state index contributed by atoms with van der Waals surface area (Å²) < 4.78 is 12.5. The van der Waals surface area contributed by atoms with Crippen molar-refractivity contribution in [3.8, 4) is 5.69 Å². The van der Waals surface area contributed by atoms with Gasteiger partial charge in [0, 0.05) is 18.5 Å². The molecular weight excluding hydrogens is 557 g/mol. The smallest absolute Gasteiger partial charge is 0.425 e. The second kappa shape index (κ2) is 10.9. The van der Waals surface area contributed by atoms with Crippen LogP contribution in [0.15, 0.2) is 42.7 Å². The van der Waals surface area contributed by atoms with Crippen LogP contribution in [0.4, 0.5) is 27.0 Å². The maximum absolute atomic E-state index is 13.1. The molecule has 0 saturated carbocycles. The lowest BCUT2D eigenvalue weighted by Crippen LogP contribution is -2.44. The van der Waals surface area contributed by atoms with Crippen LogP contribution in [0.1, 0.15) is 47.4 Å². The minimum Gasteiger partial charge on any atom is -0.443 e. The number of carbonyl (C=O) groups excluding carboxylic acids is 2. The summed E-state index contributed by atoms with van der Waals surface area (Å²) in [7, 11) is 0. The number of ether oxygens (including phenoxy) is 2. The van der Waals surface area contributed by atoms with Gasteiger partial charge in [0.2, 0.25) is 0 Å². The SMILES string of the molecule is Cc1nc(Nc2nccc3nn(-c4c(Cl)cccc4Cl)cc23)cc(N(C(=O)OC(C)(C)C)C(=O)OC(C)(C)C)n1. The molecule has 0 aliphatic heterocycles. The van der Waals surface area contributed by atoms with Crippen molar-refractivity contribution in [3.63, 3.8) is 0 Å². The van der Waals surface area contributed by atoms with Crippen LogP contribution < -0.4 is 10.2 Å². The number of amides is 2. The van der Waals surface area contributed by atoms with Crippen molar-refractivity contribution in [1.29, 1.82) is 0 Å². The molecule has 2 amide bonds. The average molecular weight is 586 g/mol. The first-order valence-corrected chi connectivity index (χ1v) is 13.0. The van der Waals surface area contributed by atoms with E-state index in [1.54, 1.807) is 89.8 Å². The standard InChI is InChI=1S/C27H29Cl2N7O4/c1-15-31-20(13-21(32-15)36(24(37)39-26(2,3)4)25(38)40-27(5,6)7)33-23-16-14-35(34-19(16)11-12-30-23)22-17(28)9-8-10-18(22)29/h8-14H,1-7H3,(H,30,31,32,33). The number of rotatable bonds is 4. The van der Waals surface area contributed by atoms with Crippen molar-refractivity contribution in [2.24, 2.45) is 0 Å². The molecule has 0 aliphatic rings. The third-order valence-electron chi connectivity index (χ3n) is 5.05. The van der Waals surface area contributed by atoms with Crippen molar-refractivity contribution < 1.29 is 19.1 Å². The first kappa shape index (κ1) is 29.0. The summed E-state index contributed by atoms with van der Waals surface area (Å²) in [5, 5.41) is 9.24. The second-order valence-corrected chi connectivity index (χ2v) is 11.6. The quantitative estimate of drug-likeness (QED) is 0.263. The van der Waals surface area contributed by atoms with Crippen molar-refractivity contribution in [1.82, 2.24) is 24.7 Å². The molecule has 0 bridgehead atoms. The summed E-state index contributed by atoms with van der Waals surface area (Å²) in [4.78, 5) is 40.1. The van der Waals surface area contributed by atoms with Gasteiger partial charge in [-0.2, -0.15) is 10.00 Å². The number of halogens is 2. The molecule has 3 heterocycles. The Morgan fingerprint density at radius 2 is 1.55 bits per heavy atom. The van der Waals surface area contributed by atoms with Gasteiger partial charge in [0.1, 0.15) is 34.3 Å². The maximum Gasteiger partial charge on any atom is 0.425 e. The van der Waals surface area contributed by atoms with Gasteiger partial charge in [-0.25, -0.2) is 29.2 Å². The number of nitrogens with zero attached hydrogens (tertiary/aromatic N) is 6. The van der Waals surface area contributed by atoms with Crippen molar-refractivity contribution >= 4 is 63.7 Å². The van der Waals surface area contributed by atoms with Crippen LogP contribution in [-0.2, 0) is 9.47 Å². The molecule has 0 fully saturated rings. The molecule has 0 saturated heterocycles. The molecule has 4 aromatic rings. The minimum atomic E-state index is -0.941. The highest BCUT2D eigenvalue weighted by atomic mass is 35.5. The summed E-state index contributed by atoms with van der Waals surface area (Å²) in [6.45, 7) is 11.8. The number of fused-ring (bicyclic) bond motifs is 1. The van der Waals surface area contributed by atoms with E-state index in [0.717, 1.165) is 4.90 Å². The number of carbonyl (C=O) groups is 2. The highest BCUT2D eigenvalue weighted by Crippen LogP contribution is 2.31. The van der Waals surface area contributed by atoms with Gasteiger partial charge in [-0.05, 0) is 66.7 Å². The van der Waals surface area contributed by atoms with Crippen LogP contribution in [0.2, 0.25) is 10.0 Å². The topological polar surface area (TPSA) is 124 Å². The summed E-state index contributed by atoms with van der Waals surface area (Å²) >= 11 is 12.8. The van der Waals surface area contributed by atoms with E-state index in [1.165, 1.54) is 6.07 Å². The zero-order valence-electron chi connectivity index (χ0n) is 23.1. The van der Waals surface area contributed by atoms with Gasteiger partial charge in [0.25, 0.3) is 0 Å². The van der Waals surface area contributed by atoms with Crippen LogP contribution in [0, 0.1) is 6.92 Å². The molecule has 3 aromatic heterocycles. The lowest BCUT2D eigenvalue weighted by Gasteiger charge is -2.28. The van der Waals surface area contributed by atoms with Crippen LogP contribution in [-0.4, -0.2) is 48.1 Å². The molecule has 13 heteroatoms. The lowest BCUT2D eigenvalue weighted by atomic mass is 10.2. The van der Waals surface area contributed by atoms with Gasteiger partial charge in [-0.1, -0.05) is 29.3 Å². The third-order valence-corrected chi connectivity index (χ3v) is 5.66. The number of hydrogen-bond donors (Lipinski definition) is 1. The maximum atomic E-state index is 13.1.